The Balaban J connectivity index is 1.32. The quantitative estimate of drug-likeness (QED) is 0.843. The van der Waals surface area contributed by atoms with E-state index in [0.717, 1.165) is 58.8 Å². The lowest BCUT2D eigenvalue weighted by Crippen LogP contribution is -2.46. The third-order valence-electron chi connectivity index (χ3n) is 6.15. The van der Waals surface area contributed by atoms with E-state index >= 15 is 0 Å². The molecule has 2 heterocycles. The second-order valence-electron chi connectivity index (χ2n) is 8.01. The molecule has 4 heteroatoms. The van der Waals surface area contributed by atoms with Crippen molar-refractivity contribution in [1.29, 1.82) is 0 Å². The summed E-state index contributed by atoms with van der Waals surface area (Å²) < 4.78 is 5.45. The largest absolute Gasteiger partial charge is 0.379 e. The van der Waals surface area contributed by atoms with Crippen molar-refractivity contribution in [3.05, 3.63) is 35.4 Å². The Hall–Kier alpha value is -1.39. The first kappa shape index (κ1) is 17.0. The third kappa shape index (κ3) is 3.90. The first-order chi connectivity index (χ1) is 12.2. The number of carbonyl (C=O) groups excluding carboxylic acids is 1. The number of amides is 1. The number of benzene rings is 1. The first-order valence-electron chi connectivity index (χ1n) is 9.87. The number of rotatable bonds is 4. The Morgan fingerprint density at radius 1 is 1.20 bits per heavy atom. The second kappa shape index (κ2) is 7.46. The fourth-order valence-corrected chi connectivity index (χ4v) is 4.61. The summed E-state index contributed by atoms with van der Waals surface area (Å²) >= 11 is 0. The summed E-state index contributed by atoms with van der Waals surface area (Å²) in [6, 6.07) is 8.54. The van der Waals surface area contributed by atoms with Crippen molar-refractivity contribution in [3.8, 4) is 0 Å². The topological polar surface area (TPSA) is 32.8 Å². The number of nitrogens with zero attached hydrogens (tertiary/aromatic N) is 2. The summed E-state index contributed by atoms with van der Waals surface area (Å²) in [5, 5.41) is 0. The molecule has 1 aromatic carbocycles. The van der Waals surface area contributed by atoms with Crippen molar-refractivity contribution in [2.45, 2.75) is 32.1 Å². The van der Waals surface area contributed by atoms with Gasteiger partial charge in [-0.05, 0) is 49.1 Å². The van der Waals surface area contributed by atoms with Crippen molar-refractivity contribution < 1.29 is 9.53 Å². The maximum atomic E-state index is 13.0. The maximum Gasteiger partial charge on any atom is 0.226 e. The minimum absolute atomic E-state index is 0.225. The van der Waals surface area contributed by atoms with Crippen LogP contribution in [-0.2, 0) is 9.53 Å². The molecule has 1 saturated carbocycles. The maximum absolute atomic E-state index is 13.0. The molecular formula is C21H30N2O2. The van der Waals surface area contributed by atoms with Gasteiger partial charge in [0.1, 0.15) is 0 Å². The van der Waals surface area contributed by atoms with Crippen LogP contribution >= 0.6 is 0 Å². The van der Waals surface area contributed by atoms with E-state index in [9.17, 15) is 4.79 Å². The molecule has 3 atom stereocenters. The molecule has 0 radical (unpaired) electrons. The predicted octanol–water partition coefficient (Wildman–Crippen LogP) is 2.67. The molecule has 0 N–H and O–H groups in total. The molecule has 1 aromatic rings. The van der Waals surface area contributed by atoms with Crippen LogP contribution in [0.4, 0.5) is 0 Å². The number of morpholine rings is 1. The number of ether oxygens (including phenoxy) is 1. The highest BCUT2D eigenvalue weighted by Crippen LogP contribution is 2.49. The van der Waals surface area contributed by atoms with Gasteiger partial charge < -0.3 is 9.64 Å². The molecule has 0 unspecified atom stereocenters. The number of piperidine rings is 1. The van der Waals surface area contributed by atoms with Crippen molar-refractivity contribution in [1.82, 2.24) is 9.80 Å². The van der Waals surface area contributed by atoms with Gasteiger partial charge in [-0.15, -0.1) is 0 Å². The van der Waals surface area contributed by atoms with Crippen LogP contribution in [0.3, 0.4) is 0 Å². The first-order valence-corrected chi connectivity index (χ1v) is 9.87. The van der Waals surface area contributed by atoms with Gasteiger partial charge in [-0.3, -0.25) is 9.69 Å². The highest BCUT2D eigenvalue weighted by Gasteiger charge is 2.46. The van der Waals surface area contributed by atoms with Gasteiger partial charge >= 0.3 is 0 Å². The SMILES string of the molecule is Cc1ccccc1[C@@H]1C[C@@H]1C(=O)N1CCC[C@@H](CN2CCOCC2)C1. The molecule has 1 amide bonds. The van der Waals surface area contributed by atoms with Crippen molar-refractivity contribution in [2.75, 3.05) is 45.9 Å². The van der Waals surface area contributed by atoms with Crippen molar-refractivity contribution in [2.24, 2.45) is 11.8 Å². The number of hydrogen-bond donors (Lipinski definition) is 0. The Morgan fingerprint density at radius 2 is 2.00 bits per heavy atom. The molecule has 1 aliphatic carbocycles. The third-order valence-corrected chi connectivity index (χ3v) is 6.15. The zero-order chi connectivity index (χ0) is 17.2. The predicted molar refractivity (Wildman–Crippen MR) is 98.6 cm³/mol. The molecule has 4 rings (SSSR count). The molecule has 0 spiro atoms. The molecule has 3 aliphatic rings. The minimum atomic E-state index is 0.225. The normalized spacial score (nSPS) is 30.3. The van der Waals surface area contributed by atoms with E-state index in [0.29, 0.717) is 17.7 Å². The summed E-state index contributed by atoms with van der Waals surface area (Å²) in [5.41, 5.74) is 2.70. The smallest absolute Gasteiger partial charge is 0.226 e. The lowest BCUT2D eigenvalue weighted by molar-refractivity contribution is -0.134. The van der Waals surface area contributed by atoms with Gasteiger partial charge in [-0.25, -0.2) is 0 Å². The molecule has 136 valence electrons. The van der Waals surface area contributed by atoms with Gasteiger partial charge in [0.15, 0.2) is 0 Å². The summed E-state index contributed by atoms with van der Waals surface area (Å²) in [4.78, 5) is 17.7. The summed E-state index contributed by atoms with van der Waals surface area (Å²) in [5.74, 6) is 1.71. The molecule has 0 bridgehead atoms. The van der Waals surface area contributed by atoms with Gasteiger partial charge in [0.2, 0.25) is 5.91 Å². The zero-order valence-electron chi connectivity index (χ0n) is 15.3. The van der Waals surface area contributed by atoms with Crippen LogP contribution in [0.15, 0.2) is 24.3 Å². The van der Waals surface area contributed by atoms with E-state index < -0.39 is 0 Å². The van der Waals surface area contributed by atoms with Crippen LogP contribution in [0.25, 0.3) is 0 Å². The minimum Gasteiger partial charge on any atom is -0.379 e. The highest BCUT2D eigenvalue weighted by molar-refractivity contribution is 5.83. The average molecular weight is 342 g/mol. The van der Waals surface area contributed by atoms with Crippen molar-refractivity contribution in [3.63, 3.8) is 0 Å². The van der Waals surface area contributed by atoms with E-state index in [1.807, 2.05) is 0 Å². The van der Waals surface area contributed by atoms with E-state index in [1.54, 1.807) is 0 Å². The zero-order valence-corrected chi connectivity index (χ0v) is 15.3. The van der Waals surface area contributed by atoms with Gasteiger partial charge in [0.05, 0.1) is 13.2 Å². The summed E-state index contributed by atoms with van der Waals surface area (Å²) in [7, 11) is 0. The van der Waals surface area contributed by atoms with Gasteiger partial charge in [0, 0.05) is 38.6 Å². The number of hydrogen-bond acceptors (Lipinski definition) is 3. The van der Waals surface area contributed by atoms with Crippen LogP contribution < -0.4 is 0 Å². The van der Waals surface area contributed by atoms with Crippen molar-refractivity contribution >= 4 is 5.91 Å². The Labute approximate surface area is 151 Å². The lowest BCUT2D eigenvalue weighted by atomic mass is 9.96. The highest BCUT2D eigenvalue weighted by atomic mass is 16.5. The fraction of sp³-hybridized carbons (Fsp3) is 0.667. The number of aryl methyl sites for hydroxylation is 1. The van der Waals surface area contributed by atoms with Gasteiger partial charge in [-0.2, -0.15) is 0 Å². The van der Waals surface area contributed by atoms with E-state index in [2.05, 4.69) is 41.0 Å². The standard InChI is InChI=1S/C21H30N2O2/c1-16-5-2-3-7-18(16)19-13-20(19)21(24)23-8-4-6-17(15-23)14-22-9-11-25-12-10-22/h2-3,5,7,17,19-20H,4,6,8-15H2,1H3/t17-,19-,20-/m0/s1. The fourth-order valence-electron chi connectivity index (χ4n) is 4.61. The second-order valence-corrected chi connectivity index (χ2v) is 8.01. The summed E-state index contributed by atoms with van der Waals surface area (Å²) in [6.07, 6.45) is 3.45. The Bertz CT molecular complexity index is 612. The number of carbonyl (C=O) groups is 1. The lowest BCUT2D eigenvalue weighted by Gasteiger charge is -2.37. The molecule has 2 saturated heterocycles. The van der Waals surface area contributed by atoms with Crippen LogP contribution in [0.5, 0.6) is 0 Å². The molecule has 3 fully saturated rings. The molecular weight excluding hydrogens is 312 g/mol. The van der Waals surface area contributed by atoms with Crippen LogP contribution in [0, 0.1) is 18.8 Å². The number of likely N-dealkylation sites (tertiary alicyclic amines) is 1. The van der Waals surface area contributed by atoms with Crippen LogP contribution in [0.1, 0.15) is 36.3 Å². The van der Waals surface area contributed by atoms with E-state index in [-0.39, 0.29) is 5.92 Å². The monoisotopic (exact) mass is 342 g/mol. The van der Waals surface area contributed by atoms with Gasteiger partial charge in [0.25, 0.3) is 0 Å². The molecule has 25 heavy (non-hydrogen) atoms. The molecule has 0 aromatic heterocycles. The Morgan fingerprint density at radius 3 is 2.80 bits per heavy atom. The molecule has 2 aliphatic heterocycles. The molecule has 4 nitrogen and oxygen atoms in total. The van der Waals surface area contributed by atoms with Crippen LogP contribution in [-0.4, -0.2) is 61.6 Å². The van der Waals surface area contributed by atoms with E-state index in [4.69, 9.17) is 4.74 Å². The van der Waals surface area contributed by atoms with E-state index in [1.165, 1.54) is 17.5 Å². The summed E-state index contributed by atoms with van der Waals surface area (Å²) in [6.45, 7) is 8.99. The average Bonchev–Trinajstić information content (AvgIpc) is 3.43. The Kier molecular flexibility index (Phi) is 5.09. The van der Waals surface area contributed by atoms with Crippen LogP contribution in [0.2, 0.25) is 0 Å². The van der Waals surface area contributed by atoms with Gasteiger partial charge in [-0.1, -0.05) is 24.3 Å².